The molecule has 4 heteroatoms. The maximum Gasteiger partial charge on any atom is 0.137 e. The molecule has 0 aliphatic carbocycles. The summed E-state index contributed by atoms with van der Waals surface area (Å²) in [6.07, 6.45) is 1.14. The molecule has 0 unspecified atom stereocenters. The third-order valence-corrected chi connectivity index (χ3v) is 2.84. The van der Waals surface area contributed by atoms with E-state index in [9.17, 15) is 0 Å². The lowest BCUT2D eigenvalue weighted by molar-refractivity contribution is 0.261. The second-order valence-corrected chi connectivity index (χ2v) is 5.00. The van der Waals surface area contributed by atoms with E-state index in [0.29, 0.717) is 11.6 Å². The van der Waals surface area contributed by atoms with Gasteiger partial charge in [0.05, 0.1) is 5.02 Å². The molecule has 102 valence electrons. The van der Waals surface area contributed by atoms with Gasteiger partial charge >= 0.3 is 0 Å². The first kappa shape index (κ1) is 15.3. The quantitative estimate of drug-likeness (QED) is 0.735. The Kier molecular flexibility index (Phi) is 7.09. The van der Waals surface area contributed by atoms with E-state index in [1.54, 1.807) is 0 Å². The van der Waals surface area contributed by atoms with Crippen LogP contribution in [0.3, 0.4) is 0 Å². The number of likely N-dealkylation sites (N-methyl/N-ethyl adjacent to an activating group) is 1. The third kappa shape index (κ3) is 5.71. The lowest BCUT2D eigenvalue weighted by atomic mass is 10.2. The van der Waals surface area contributed by atoms with Crippen molar-refractivity contribution in [3.05, 3.63) is 28.8 Å². The van der Waals surface area contributed by atoms with E-state index in [-0.39, 0.29) is 0 Å². The number of hydrogen-bond donors (Lipinski definition) is 1. The van der Waals surface area contributed by atoms with Gasteiger partial charge in [-0.1, -0.05) is 24.6 Å². The van der Waals surface area contributed by atoms with Gasteiger partial charge in [0.15, 0.2) is 0 Å². The topological polar surface area (TPSA) is 24.5 Å². The zero-order valence-electron chi connectivity index (χ0n) is 11.5. The normalized spacial score (nSPS) is 10.9. The molecule has 0 spiro atoms. The Morgan fingerprint density at radius 3 is 2.72 bits per heavy atom. The highest BCUT2D eigenvalue weighted by molar-refractivity contribution is 6.32. The van der Waals surface area contributed by atoms with Crippen LogP contribution >= 0.6 is 11.6 Å². The fraction of sp³-hybridized carbons (Fsp3) is 0.571. The third-order valence-electron chi connectivity index (χ3n) is 2.55. The zero-order chi connectivity index (χ0) is 13.4. The van der Waals surface area contributed by atoms with Gasteiger partial charge in [-0.2, -0.15) is 0 Å². The van der Waals surface area contributed by atoms with Gasteiger partial charge in [0, 0.05) is 13.1 Å². The summed E-state index contributed by atoms with van der Waals surface area (Å²) in [6.45, 7) is 5.57. The van der Waals surface area contributed by atoms with Crippen molar-refractivity contribution < 1.29 is 4.74 Å². The summed E-state index contributed by atoms with van der Waals surface area (Å²) < 4.78 is 5.63. The Morgan fingerprint density at radius 1 is 1.33 bits per heavy atom. The first-order chi connectivity index (χ1) is 8.63. The van der Waals surface area contributed by atoms with Crippen LogP contribution in [0.15, 0.2) is 18.2 Å². The molecule has 0 atom stereocenters. The monoisotopic (exact) mass is 270 g/mol. The fourth-order valence-corrected chi connectivity index (χ4v) is 1.78. The van der Waals surface area contributed by atoms with Crippen LogP contribution in [0.4, 0.5) is 0 Å². The molecule has 0 aliphatic heterocycles. The van der Waals surface area contributed by atoms with Gasteiger partial charge in [-0.05, 0) is 44.8 Å². The maximum atomic E-state index is 6.19. The highest BCUT2D eigenvalue weighted by Crippen LogP contribution is 2.25. The molecule has 18 heavy (non-hydrogen) atoms. The average molecular weight is 271 g/mol. The molecular weight excluding hydrogens is 248 g/mol. The zero-order valence-corrected chi connectivity index (χ0v) is 12.3. The minimum Gasteiger partial charge on any atom is -0.491 e. The Morgan fingerprint density at radius 2 is 2.11 bits per heavy atom. The highest BCUT2D eigenvalue weighted by Gasteiger charge is 2.03. The maximum absolute atomic E-state index is 6.19. The fourth-order valence-electron chi connectivity index (χ4n) is 1.52. The number of rotatable bonds is 8. The minimum atomic E-state index is 0.653. The molecule has 0 radical (unpaired) electrons. The van der Waals surface area contributed by atoms with Gasteiger partial charge in [0.2, 0.25) is 0 Å². The SMILES string of the molecule is CCCNCc1ccc(OCCN(C)C)c(Cl)c1. The Labute approximate surface area is 115 Å². The van der Waals surface area contributed by atoms with Gasteiger partial charge in [-0.15, -0.1) is 0 Å². The smallest absolute Gasteiger partial charge is 0.137 e. The molecule has 0 fully saturated rings. The van der Waals surface area contributed by atoms with E-state index in [1.165, 1.54) is 5.56 Å². The first-order valence-corrected chi connectivity index (χ1v) is 6.78. The second-order valence-electron chi connectivity index (χ2n) is 4.59. The molecule has 1 N–H and O–H groups in total. The Hall–Kier alpha value is -0.770. The molecule has 0 bridgehead atoms. The predicted molar refractivity (Wildman–Crippen MR) is 77.5 cm³/mol. The molecule has 0 heterocycles. The van der Waals surface area contributed by atoms with Gasteiger partial charge in [-0.25, -0.2) is 0 Å². The van der Waals surface area contributed by atoms with Gasteiger partial charge in [0.1, 0.15) is 12.4 Å². The lowest BCUT2D eigenvalue weighted by Gasteiger charge is -2.12. The number of halogens is 1. The van der Waals surface area contributed by atoms with Crippen LogP contribution < -0.4 is 10.1 Å². The molecule has 3 nitrogen and oxygen atoms in total. The highest BCUT2D eigenvalue weighted by atomic mass is 35.5. The van der Waals surface area contributed by atoms with Crippen molar-refractivity contribution in [2.75, 3.05) is 33.8 Å². The number of nitrogens with zero attached hydrogens (tertiary/aromatic N) is 1. The summed E-state index contributed by atoms with van der Waals surface area (Å²) in [5.41, 5.74) is 1.19. The van der Waals surface area contributed by atoms with Crippen molar-refractivity contribution in [2.24, 2.45) is 0 Å². The van der Waals surface area contributed by atoms with Crippen LogP contribution in [0.5, 0.6) is 5.75 Å². The van der Waals surface area contributed by atoms with Crippen molar-refractivity contribution >= 4 is 11.6 Å². The van der Waals surface area contributed by atoms with Crippen LogP contribution in [0.2, 0.25) is 5.02 Å². The lowest BCUT2D eigenvalue weighted by Crippen LogP contribution is -2.19. The van der Waals surface area contributed by atoms with Gasteiger partial charge in [-0.3, -0.25) is 0 Å². The molecular formula is C14H23ClN2O. The molecule has 1 rings (SSSR count). The number of hydrogen-bond acceptors (Lipinski definition) is 3. The van der Waals surface area contributed by atoms with E-state index >= 15 is 0 Å². The molecule has 0 saturated heterocycles. The molecule has 1 aromatic rings. The molecule has 0 amide bonds. The first-order valence-electron chi connectivity index (χ1n) is 6.40. The van der Waals surface area contributed by atoms with E-state index in [1.807, 2.05) is 26.2 Å². The van der Waals surface area contributed by atoms with Crippen LogP contribution in [0.25, 0.3) is 0 Å². The number of benzene rings is 1. The molecule has 0 aromatic heterocycles. The van der Waals surface area contributed by atoms with Crippen molar-refractivity contribution in [2.45, 2.75) is 19.9 Å². The van der Waals surface area contributed by atoms with Crippen molar-refractivity contribution in [1.82, 2.24) is 10.2 Å². The average Bonchev–Trinajstić information content (AvgIpc) is 2.32. The van der Waals surface area contributed by atoms with Crippen molar-refractivity contribution in [1.29, 1.82) is 0 Å². The largest absolute Gasteiger partial charge is 0.491 e. The van der Waals surface area contributed by atoms with E-state index in [0.717, 1.165) is 31.8 Å². The minimum absolute atomic E-state index is 0.653. The molecule has 1 aromatic carbocycles. The van der Waals surface area contributed by atoms with E-state index in [2.05, 4.69) is 23.2 Å². The van der Waals surface area contributed by atoms with Crippen molar-refractivity contribution in [3.8, 4) is 5.75 Å². The van der Waals surface area contributed by atoms with Crippen molar-refractivity contribution in [3.63, 3.8) is 0 Å². The van der Waals surface area contributed by atoms with E-state index < -0.39 is 0 Å². The predicted octanol–water partition coefficient (Wildman–Crippen LogP) is 2.78. The van der Waals surface area contributed by atoms with Crippen LogP contribution in [0.1, 0.15) is 18.9 Å². The van der Waals surface area contributed by atoms with Gasteiger partial charge < -0.3 is 15.0 Å². The van der Waals surface area contributed by atoms with Crippen LogP contribution in [0, 0.1) is 0 Å². The number of ether oxygens (including phenoxy) is 1. The summed E-state index contributed by atoms with van der Waals surface area (Å²) in [7, 11) is 4.04. The Balaban J connectivity index is 2.46. The van der Waals surface area contributed by atoms with Gasteiger partial charge in [0.25, 0.3) is 0 Å². The second kappa shape index (κ2) is 8.35. The standard InChI is InChI=1S/C14H23ClN2O/c1-4-7-16-11-12-5-6-14(13(15)10-12)18-9-8-17(2)3/h5-6,10,16H,4,7-9,11H2,1-3H3. The summed E-state index contributed by atoms with van der Waals surface area (Å²) in [5.74, 6) is 0.762. The van der Waals surface area contributed by atoms with E-state index in [4.69, 9.17) is 16.3 Å². The van der Waals surface area contributed by atoms with Crippen LogP contribution in [-0.2, 0) is 6.54 Å². The van der Waals surface area contributed by atoms with Crippen LogP contribution in [-0.4, -0.2) is 38.7 Å². The summed E-state index contributed by atoms with van der Waals surface area (Å²) in [5, 5.41) is 4.03. The summed E-state index contributed by atoms with van der Waals surface area (Å²) >= 11 is 6.19. The molecule has 0 saturated carbocycles. The summed E-state index contributed by atoms with van der Waals surface area (Å²) in [4.78, 5) is 2.08. The molecule has 0 aliphatic rings. The summed E-state index contributed by atoms with van der Waals surface area (Å²) in [6, 6.07) is 5.97. The Bertz CT molecular complexity index is 356. The number of nitrogens with one attached hydrogen (secondary N) is 1.